The molecule has 1 saturated heterocycles. The molecule has 1 unspecified atom stereocenters. The molecule has 2 aromatic carbocycles. The number of aliphatic hydroxyl groups is 1. The smallest absolute Gasteiger partial charge is 0.335 e. The van der Waals surface area contributed by atoms with E-state index in [-0.39, 0.29) is 24.0 Å². The van der Waals surface area contributed by atoms with Gasteiger partial charge in [0.1, 0.15) is 0 Å². The first-order valence-corrected chi connectivity index (χ1v) is 10.0. The predicted octanol–water partition coefficient (Wildman–Crippen LogP) is 3.49. The molecular formula is C21H23NO4S. The van der Waals surface area contributed by atoms with Gasteiger partial charge in [0.2, 0.25) is 0 Å². The number of hydrogen-bond acceptors (Lipinski definition) is 4. The molecule has 0 spiro atoms. The molecule has 1 amide bonds. The van der Waals surface area contributed by atoms with Crippen molar-refractivity contribution in [3.8, 4) is 0 Å². The van der Waals surface area contributed by atoms with Crippen LogP contribution in [-0.2, 0) is 0 Å². The van der Waals surface area contributed by atoms with Gasteiger partial charge in [-0.3, -0.25) is 4.79 Å². The maximum Gasteiger partial charge on any atom is 0.335 e. The SMILES string of the molecule is O=C(O)c1cccc(C2CCCN(C(=O)c3ccc(SCCO)cc3)C2)c1. The molecule has 1 atom stereocenters. The van der Waals surface area contributed by atoms with Crippen LogP contribution in [0.3, 0.4) is 0 Å². The monoisotopic (exact) mass is 385 g/mol. The molecule has 1 heterocycles. The fourth-order valence-corrected chi connectivity index (χ4v) is 4.05. The average molecular weight is 385 g/mol. The number of piperidine rings is 1. The fourth-order valence-electron chi connectivity index (χ4n) is 3.40. The number of carbonyl (C=O) groups is 2. The van der Waals surface area contributed by atoms with Gasteiger partial charge in [0, 0.05) is 35.2 Å². The predicted molar refractivity (Wildman–Crippen MR) is 106 cm³/mol. The standard InChI is InChI=1S/C21H23NO4S/c23-11-12-27-19-8-6-15(7-9-19)20(24)22-10-2-5-18(14-22)16-3-1-4-17(13-16)21(25)26/h1,3-4,6-9,13,18,23H,2,5,10-12,14H2,(H,25,26). The van der Waals surface area contributed by atoms with Gasteiger partial charge in [0.25, 0.3) is 5.91 Å². The second kappa shape index (κ2) is 9.06. The van der Waals surface area contributed by atoms with Gasteiger partial charge in [-0.05, 0) is 54.8 Å². The van der Waals surface area contributed by atoms with Crippen molar-refractivity contribution in [3.05, 3.63) is 65.2 Å². The van der Waals surface area contributed by atoms with Crippen LogP contribution >= 0.6 is 11.8 Å². The largest absolute Gasteiger partial charge is 0.478 e. The highest BCUT2D eigenvalue weighted by molar-refractivity contribution is 7.99. The summed E-state index contributed by atoms with van der Waals surface area (Å²) in [4.78, 5) is 27.0. The second-order valence-corrected chi connectivity index (χ2v) is 7.79. The van der Waals surface area contributed by atoms with Crippen molar-refractivity contribution in [2.45, 2.75) is 23.7 Å². The van der Waals surface area contributed by atoms with E-state index < -0.39 is 5.97 Å². The molecule has 0 radical (unpaired) electrons. The number of benzene rings is 2. The minimum atomic E-state index is -0.931. The van der Waals surface area contributed by atoms with Gasteiger partial charge >= 0.3 is 5.97 Å². The van der Waals surface area contributed by atoms with Crippen LogP contribution in [0.15, 0.2) is 53.4 Å². The molecule has 1 aliphatic heterocycles. The van der Waals surface area contributed by atoms with Crippen molar-refractivity contribution in [1.82, 2.24) is 4.90 Å². The minimum Gasteiger partial charge on any atom is -0.478 e. The Morgan fingerprint density at radius 3 is 2.59 bits per heavy atom. The number of hydrogen-bond donors (Lipinski definition) is 2. The van der Waals surface area contributed by atoms with Crippen molar-refractivity contribution in [2.24, 2.45) is 0 Å². The fraction of sp³-hybridized carbons (Fsp3) is 0.333. The maximum atomic E-state index is 12.9. The molecule has 142 valence electrons. The summed E-state index contributed by atoms with van der Waals surface area (Å²) in [6, 6.07) is 14.5. The Hall–Kier alpha value is -2.31. The Bertz CT molecular complexity index is 806. The molecule has 0 saturated carbocycles. The third-order valence-corrected chi connectivity index (χ3v) is 5.77. The Balaban J connectivity index is 1.69. The summed E-state index contributed by atoms with van der Waals surface area (Å²) in [5.74, 6) is -0.134. The van der Waals surface area contributed by atoms with E-state index in [4.69, 9.17) is 5.11 Å². The van der Waals surface area contributed by atoms with E-state index in [1.165, 1.54) is 0 Å². The molecule has 2 aromatic rings. The molecule has 6 heteroatoms. The van der Waals surface area contributed by atoms with Crippen LogP contribution < -0.4 is 0 Å². The van der Waals surface area contributed by atoms with Crippen molar-refractivity contribution in [1.29, 1.82) is 0 Å². The van der Waals surface area contributed by atoms with E-state index in [9.17, 15) is 14.7 Å². The van der Waals surface area contributed by atoms with Crippen LogP contribution in [0.1, 0.15) is 45.0 Å². The number of thioether (sulfide) groups is 1. The van der Waals surface area contributed by atoms with Crippen LogP contribution in [0, 0.1) is 0 Å². The summed E-state index contributed by atoms with van der Waals surface area (Å²) < 4.78 is 0. The summed E-state index contributed by atoms with van der Waals surface area (Å²) in [7, 11) is 0. The van der Waals surface area contributed by atoms with E-state index in [1.54, 1.807) is 30.0 Å². The summed E-state index contributed by atoms with van der Waals surface area (Å²) >= 11 is 1.55. The maximum absolute atomic E-state index is 12.9. The third kappa shape index (κ3) is 4.90. The number of rotatable bonds is 6. The topological polar surface area (TPSA) is 77.8 Å². The van der Waals surface area contributed by atoms with Gasteiger partial charge in [-0.1, -0.05) is 12.1 Å². The average Bonchev–Trinajstić information content (AvgIpc) is 2.72. The highest BCUT2D eigenvalue weighted by Crippen LogP contribution is 2.28. The third-order valence-electron chi connectivity index (χ3n) is 4.77. The zero-order valence-corrected chi connectivity index (χ0v) is 15.8. The number of carboxylic acid groups (broad SMARTS) is 1. The van der Waals surface area contributed by atoms with Crippen LogP contribution in [-0.4, -0.2) is 52.4 Å². The molecule has 1 fully saturated rings. The summed E-state index contributed by atoms with van der Waals surface area (Å²) in [5, 5.41) is 18.1. The zero-order valence-electron chi connectivity index (χ0n) is 15.0. The van der Waals surface area contributed by atoms with Gasteiger partial charge in [-0.2, -0.15) is 0 Å². The first-order chi connectivity index (χ1) is 13.1. The van der Waals surface area contributed by atoms with Gasteiger partial charge in [0.05, 0.1) is 12.2 Å². The number of amides is 1. The molecule has 3 rings (SSSR count). The van der Waals surface area contributed by atoms with Gasteiger partial charge in [-0.25, -0.2) is 4.79 Å². The van der Waals surface area contributed by atoms with Crippen LogP contribution in [0.4, 0.5) is 0 Å². The zero-order chi connectivity index (χ0) is 19.2. The van der Waals surface area contributed by atoms with E-state index in [2.05, 4.69) is 0 Å². The molecule has 27 heavy (non-hydrogen) atoms. The van der Waals surface area contributed by atoms with E-state index in [0.717, 1.165) is 29.8 Å². The first-order valence-electron chi connectivity index (χ1n) is 9.04. The lowest BCUT2D eigenvalue weighted by atomic mass is 9.89. The molecule has 5 nitrogen and oxygen atoms in total. The van der Waals surface area contributed by atoms with E-state index in [0.29, 0.717) is 17.9 Å². The molecule has 0 aromatic heterocycles. The van der Waals surface area contributed by atoms with Gasteiger partial charge in [0.15, 0.2) is 0 Å². The lowest BCUT2D eigenvalue weighted by Crippen LogP contribution is -2.39. The van der Waals surface area contributed by atoms with Gasteiger partial charge in [-0.15, -0.1) is 11.8 Å². The molecule has 0 aliphatic carbocycles. The lowest BCUT2D eigenvalue weighted by molar-refractivity contribution is 0.0688. The summed E-state index contributed by atoms with van der Waals surface area (Å²) in [6.45, 7) is 1.45. The van der Waals surface area contributed by atoms with Crippen LogP contribution in [0.5, 0.6) is 0 Å². The normalized spacial score (nSPS) is 16.9. The van der Waals surface area contributed by atoms with Crippen LogP contribution in [0.2, 0.25) is 0 Å². The van der Waals surface area contributed by atoms with Crippen molar-refractivity contribution in [2.75, 3.05) is 25.4 Å². The molecule has 2 N–H and O–H groups in total. The number of nitrogens with zero attached hydrogens (tertiary/aromatic N) is 1. The van der Waals surface area contributed by atoms with E-state index >= 15 is 0 Å². The van der Waals surface area contributed by atoms with Crippen molar-refractivity contribution < 1.29 is 19.8 Å². The lowest BCUT2D eigenvalue weighted by Gasteiger charge is -2.33. The highest BCUT2D eigenvalue weighted by Gasteiger charge is 2.26. The summed E-state index contributed by atoms with van der Waals surface area (Å²) in [6.07, 6.45) is 1.85. The van der Waals surface area contributed by atoms with Crippen molar-refractivity contribution >= 4 is 23.6 Å². The number of carboxylic acids is 1. The first kappa shape index (κ1) is 19.5. The number of carbonyl (C=O) groups excluding carboxylic acids is 1. The molecular weight excluding hydrogens is 362 g/mol. The van der Waals surface area contributed by atoms with Gasteiger partial charge < -0.3 is 15.1 Å². The Morgan fingerprint density at radius 1 is 1.11 bits per heavy atom. The minimum absolute atomic E-state index is 0.00722. The molecule has 0 bridgehead atoms. The van der Waals surface area contributed by atoms with Crippen molar-refractivity contribution in [3.63, 3.8) is 0 Å². The number of likely N-dealkylation sites (tertiary alicyclic amines) is 1. The Labute approximate surface area is 163 Å². The quantitative estimate of drug-likeness (QED) is 0.745. The van der Waals surface area contributed by atoms with E-state index in [1.807, 2.05) is 35.2 Å². The molecule has 1 aliphatic rings. The highest BCUT2D eigenvalue weighted by atomic mass is 32.2. The Morgan fingerprint density at radius 2 is 1.89 bits per heavy atom. The summed E-state index contributed by atoms with van der Waals surface area (Å²) in [5.41, 5.74) is 1.92. The number of aliphatic hydroxyl groups excluding tert-OH is 1. The second-order valence-electron chi connectivity index (χ2n) is 6.62. The Kier molecular flexibility index (Phi) is 6.53. The van der Waals surface area contributed by atoms with Crippen LogP contribution in [0.25, 0.3) is 0 Å². The number of aromatic carboxylic acids is 1.